The number of carboxylic acid groups (broad SMARTS) is 1. The van der Waals surface area contributed by atoms with E-state index in [2.05, 4.69) is 0 Å². The molecular weight excluding hydrogens is 192 g/mol. The van der Waals surface area contributed by atoms with E-state index in [4.69, 9.17) is 5.11 Å². The van der Waals surface area contributed by atoms with E-state index in [1.165, 1.54) is 0 Å². The molecule has 86 valence electrons. The van der Waals surface area contributed by atoms with Crippen molar-refractivity contribution in [3.63, 3.8) is 0 Å². The van der Waals surface area contributed by atoms with Gasteiger partial charge < -0.3 is 10.2 Å². The van der Waals surface area contributed by atoms with Gasteiger partial charge in [-0.2, -0.15) is 0 Å². The predicted octanol–water partition coefficient (Wildman–Crippen LogP) is 2.35. The molecule has 0 aromatic rings. The average molecular weight is 212 g/mol. The summed E-state index contributed by atoms with van der Waals surface area (Å²) in [4.78, 5) is 10.8. The highest BCUT2D eigenvalue weighted by atomic mass is 16.4. The minimum atomic E-state index is -1.17. The number of hydrogen-bond acceptors (Lipinski definition) is 2. The zero-order valence-corrected chi connectivity index (χ0v) is 9.71. The molecule has 1 unspecified atom stereocenters. The molecule has 1 atom stereocenters. The quantitative estimate of drug-likeness (QED) is 0.691. The molecule has 3 nitrogen and oxygen atoms in total. The highest BCUT2D eigenvalue weighted by Gasteiger charge is 2.49. The summed E-state index contributed by atoms with van der Waals surface area (Å²) in [6.45, 7) is 5.75. The first-order valence-electron chi connectivity index (χ1n) is 5.43. The molecule has 1 rings (SSSR count). The zero-order chi connectivity index (χ0) is 11.7. The van der Waals surface area contributed by atoms with Gasteiger partial charge in [0.05, 0.1) is 6.42 Å². The predicted molar refractivity (Wildman–Crippen MR) is 58.6 cm³/mol. The van der Waals surface area contributed by atoms with Crippen molar-refractivity contribution in [2.45, 2.75) is 52.1 Å². The van der Waals surface area contributed by atoms with Gasteiger partial charge >= 0.3 is 5.97 Å². The SMILES string of the molecule is C/C=C1\CCCC(C)(C)C1(O)CC(=O)O. The smallest absolute Gasteiger partial charge is 0.306 e. The Hall–Kier alpha value is -0.830. The van der Waals surface area contributed by atoms with Gasteiger partial charge in [0.15, 0.2) is 0 Å². The molecule has 0 aromatic heterocycles. The summed E-state index contributed by atoms with van der Waals surface area (Å²) in [6.07, 6.45) is 4.37. The Morgan fingerprint density at radius 1 is 1.53 bits per heavy atom. The van der Waals surface area contributed by atoms with Crippen LogP contribution >= 0.6 is 0 Å². The highest BCUT2D eigenvalue weighted by molar-refractivity contribution is 5.69. The molecule has 0 radical (unpaired) electrons. The third-order valence-corrected chi connectivity index (χ3v) is 3.65. The molecular formula is C12H20O3. The van der Waals surface area contributed by atoms with Crippen LogP contribution in [0, 0.1) is 5.41 Å². The first kappa shape index (κ1) is 12.2. The van der Waals surface area contributed by atoms with Crippen LogP contribution in [0.3, 0.4) is 0 Å². The van der Waals surface area contributed by atoms with Crippen molar-refractivity contribution in [3.8, 4) is 0 Å². The Balaban J connectivity index is 3.08. The lowest BCUT2D eigenvalue weighted by Crippen LogP contribution is -2.50. The van der Waals surface area contributed by atoms with Crippen LogP contribution in [0.25, 0.3) is 0 Å². The summed E-state index contributed by atoms with van der Waals surface area (Å²) in [7, 11) is 0. The van der Waals surface area contributed by atoms with Gasteiger partial charge in [-0.1, -0.05) is 19.9 Å². The summed E-state index contributed by atoms with van der Waals surface area (Å²) >= 11 is 0. The van der Waals surface area contributed by atoms with Gasteiger partial charge in [-0.05, 0) is 37.2 Å². The zero-order valence-electron chi connectivity index (χ0n) is 9.71. The number of aliphatic hydroxyl groups is 1. The van der Waals surface area contributed by atoms with Crippen LogP contribution < -0.4 is 0 Å². The van der Waals surface area contributed by atoms with Gasteiger partial charge in [0.25, 0.3) is 0 Å². The average Bonchev–Trinajstić information content (AvgIpc) is 2.08. The van der Waals surface area contributed by atoms with E-state index in [0.717, 1.165) is 24.8 Å². The molecule has 15 heavy (non-hydrogen) atoms. The maximum absolute atomic E-state index is 10.8. The first-order valence-corrected chi connectivity index (χ1v) is 5.43. The Morgan fingerprint density at radius 2 is 2.13 bits per heavy atom. The Kier molecular flexibility index (Phi) is 3.24. The van der Waals surface area contributed by atoms with Gasteiger partial charge in [0, 0.05) is 0 Å². The summed E-state index contributed by atoms with van der Waals surface area (Å²) in [5.41, 5.74) is -0.654. The van der Waals surface area contributed by atoms with Gasteiger partial charge in [0.1, 0.15) is 5.60 Å². The lowest BCUT2D eigenvalue weighted by Gasteiger charge is -2.47. The third kappa shape index (κ3) is 2.07. The fourth-order valence-electron chi connectivity index (χ4n) is 2.52. The molecule has 0 saturated heterocycles. The lowest BCUT2D eigenvalue weighted by molar-refractivity contribution is -0.147. The molecule has 0 heterocycles. The van der Waals surface area contributed by atoms with Crippen LogP contribution in [0.5, 0.6) is 0 Å². The van der Waals surface area contributed by atoms with Crippen molar-refractivity contribution >= 4 is 5.97 Å². The molecule has 0 bridgehead atoms. The van der Waals surface area contributed by atoms with Crippen LogP contribution in [-0.2, 0) is 4.79 Å². The van der Waals surface area contributed by atoms with Crippen LogP contribution in [0.1, 0.15) is 46.5 Å². The number of hydrogen-bond donors (Lipinski definition) is 2. The number of carbonyl (C=O) groups is 1. The summed E-state index contributed by atoms with van der Waals surface area (Å²) in [6, 6.07) is 0. The van der Waals surface area contributed by atoms with Gasteiger partial charge in [-0.15, -0.1) is 0 Å². The maximum atomic E-state index is 10.8. The lowest BCUT2D eigenvalue weighted by atomic mass is 9.61. The Bertz CT molecular complexity index is 291. The number of carboxylic acids is 1. The highest BCUT2D eigenvalue weighted by Crippen LogP contribution is 2.48. The minimum absolute atomic E-state index is 0.195. The van der Waals surface area contributed by atoms with Crippen molar-refractivity contribution in [2.24, 2.45) is 5.41 Å². The molecule has 2 N–H and O–H groups in total. The second-order valence-corrected chi connectivity index (χ2v) is 4.98. The second kappa shape index (κ2) is 3.97. The van der Waals surface area contributed by atoms with E-state index < -0.39 is 11.6 Å². The Labute approximate surface area is 90.8 Å². The molecule has 0 aliphatic heterocycles. The normalized spacial score (nSPS) is 32.9. The molecule has 1 aliphatic rings. The van der Waals surface area contributed by atoms with Crippen molar-refractivity contribution < 1.29 is 15.0 Å². The number of allylic oxidation sites excluding steroid dienone is 1. The summed E-state index contributed by atoms with van der Waals surface area (Å²) < 4.78 is 0. The van der Waals surface area contributed by atoms with Gasteiger partial charge in [-0.25, -0.2) is 0 Å². The second-order valence-electron chi connectivity index (χ2n) is 4.98. The van der Waals surface area contributed by atoms with Crippen LogP contribution in [0.4, 0.5) is 0 Å². The number of aliphatic carboxylic acids is 1. The molecule has 1 saturated carbocycles. The molecule has 0 amide bonds. The van der Waals surface area contributed by atoms with E-state index in [1.54, 1.807) is 0 Å². The van der Waals surface area contributed by atoms with Crippen molar-refractivity contribution in [1.29, 1.82) is 0 Å². The monoisotopic (exact) mass is 212 g/mol. The molecule has 1 aliphatic carbocycles. The topological polar surface area (TPSA) is 57.5 Å². The van der Waals surface area contributed by atoms with Crippen LogP contribution in [0.15, 0.2) is 11.6 Å². The minimum Gasteiger partial charge on any atom is -0.481 e. The van der Waals surface area contributed by atoms with Crippen molar-refractivity contribution in [1.82, 2.24) is 0 Å². The molecule has 0 aromatic carbocycles. The van der Waals surface area contributed by atoms with Gasteiger partial charge in [-0.3, -0.25) is 4.79 Å². The fourth-order valence-corrected chi connectivity index (χ4v) is 2.52. The molecule has 3 heteroatoms. The largest absolute Gasteiger partial charge is 0.481 e. The van der Waals surface area contributed by atoms with Gasteiger partial charge in [0.2, 0.25) is 0 Å². The van der Waals surface area contributed by atoms with E-state index in [9.17, 15) is 9.90 Å². The standard InChI is InChI=1S/C12H20O3/c1-4-9-6-5-7-11(2,3)12(9,15)8-10(13)14/h4,15H,5-8H2,1-3H3,(H,13,14)/b9-4+. The van der Waals surface area contributed by atoms with Crippen molar-refractivity contribution in [2.75, 3.05) is 0 Å². The number of rotatable bonds is 2. The summed E-state index contributed by atoms with van der Waals surface area (Å²) in [5.74, 6) is -0.938. The Morgan fingerprint density at radius 3 is 2.60 bits per heavy atom. The summed E-state index contributed by atoms with van der Waals surface area (Å²) in [5, 5.41) is 19.5. The van der Waals surface area contributed by atoms with E-state index in [0.29, 0.717) is 0 Å². The first-order chi connectivity index (χ1) is 6.83. The molecule has 0 spiro atoms. The van der Waals surface area contributed by atoms with E-state index in [-0.39, 0.29) is 11.8 Å². The van der Waals surface area contributed by atoms with Crippen molar-refractivity contribution in [3.05, 3.63) is 11.6 Å². The van der Waals surface area contributed by atoms with Crippen LogP contribution in [0.2, 0.25) is 0 Å². The molecule has 1 fully saturated rings. The maximum Gasteiger partial charge on any atom is 0.306 e. The third-order valence-electron chi connectivity index (χ3n) is 3.65. The van der Waals surface area contributed by atoms with Crippen LogP contribution in [-0.4, -0.2) is 21.8 Å². The van der Waals surface area contributed by atoms with E-state index in [1.807, 2.05) is 26.8 Å². The fraction of sp³-hybridized carbons (Fsp3) is 0.750. The van der Waals surface area contributed by atoms with E-state index >= 15 is 0 Å².